The smallest absolute Gasteiger partial charge is 0.368 e. The van der Waals surface area contributed by atoms with Crippen LogP contribution in [0.1, 0.15) is 19.4 Å². The third-order valence-electron chi connectivity index (χ3n) is 2.98. The van der Waals surface area contributed by atoms with Crippen LogP contribution in [-0.2, 0) is 6.18 Å². The van der Waals surface area contributed by atoms with Crippen molar-refractivity contribution in [2.45, 2.75) is 25.6 Å². The Morgan fingerprint density at radius 1 is 1.18 bits per heavy atom. The van der Waals surface area contributed by atoms with Crippen molar-refractivity contribution in [3.63, 3.8) is 0 Å². The number of para-hydroxylation sites is 1. The molecule has 17 heavy (non-hydrogen) atoms. The van der Waals surface area contributed by atoms with Crippen molar-refractivity contribution < 1.29 is 13.2 Å². The van der Waals surface area contributed by atoms with Crippen molar-refractivity contribution in [3.05, 3.63) is 29.8 Å². The van der Waals surface area contributed by atoms with E-state index >= 15 is 0 Å². The van der Waals surface area contributed by atoms with Crippen molar-refractivity contribution in [2.75, 3.05) is 18.5 Å². The molecule has 0 fully saturated rings. The van der Waals surface area contributed by atoms with Crippen LogP contribution in [0.25, 0.3) is 0 Å². The Balaban J connectivity index is 3.23. The number of benzene rings is 1. The van der Waals surface area contributed by atoms with E-state index in [-0.39, 0.29) is 12.2 Å². The highest BCUT2D eigenvalue weighted by molar-refractivity contribution is 5.56. The van der Waals surface area contributed by atoms with Crippen LogP contribution in [0.3, 0.4) is 0 Å². The number of nitrogens with zero attached hydrogens (tertiary/aromatic N) is 1. The van der Waals surface area contributed by atoms with Gasteiger partial charge < -0.3 is 10.6 Å². The molecule has 0 aliphatic carbocycles. The number of alkyl halides is 3. The number of anilines is 1. The van der Waals surface area contributed by atoms with Gasteiger partial charge in [-0.05, 0) is 26.0 Å². The molecule has 96 valence electrons. The summed E-state index contributed by atoms with van der Waals surface area (Å²) in [6.07, 6.45) is -4.35. The maximum atomic E-state index is 12.8. The lowest BCUT2D eigenvalue weighted by Crippen LogP contribution is -2.47. The molecule has 0 heterocycles. The summed E-state index contributed by atoms with van der Waals surface area (Å²) in [7, 11) is 1.62. The van der Waals surface area contributed by atoms with Crippen LogP contribution in [0.4, 0.5) is 18.9 Å². The Labute approximate surface area is 99.2 Å². The molecule has 1 aromatic carbocycles. The highest BCUT2D eigenvalue weighted by Crippen LogP contribution is 2.37. The van der Waals surface area contributed by atoms with Gasteiger partial charge in [-0.25, -0.2) is 0 Å². The van der Waals surface area contributed by atoms with Crippen LogP contribution in [0, 0.1) is 0 Å². The van der Waals surface area contributed by atoms with Gasteiger partial charge >= 0.3 is 6.18 Å². The fourth-order valence-electron chi connectivity index (χ4n) is 1.47. The van der Waals surface area contributed by atoms with Gasteiger partial charge in [-0.2, -0.15) is 13.2 Å². The van der Waals surface area contributed by atoms with E-state index in [1.54, 1.807) is 31.9 Å². The predicted molar refractivity (Wildman–Crippen MR) is 63.0 cm³/mol. The first-order valence-electron chi connectivity index (χ1n) is 5.30. The molecule has 0 saturated heterocycles. The lowest BCUT2D eigenvalue weighted by Gasteiger charge is -2.37. The maximum absolute atomic E-state index is 12.8. The molecule has 0 saturated carbocycles. The highest BCUT2D eigenvalue weighted by Gasteiger charge is 2.36. The summed E-state index contributed by atoms with van der Waals surface area (Å²) in [6.45, 7) is 3.88. The Kier molecular flexibility index (Phi) is 3.71. The molecule has 0 radical (unpaired) electrons. The minimum atomic E-state index is -4.35. The summed E-state index contributed by atoms with van der Waals surface area (Å²) in [4.78, 5) is 1.57. The fourth-order valence-corrected chi connectivity index (χ4v) is 1.47. The second-order valence-corrected chi connectivity index (χ2v) is 4.59. The summed E-state index contributed by atoms with van der Waals surface area (Å²) >= 11 is 0. The molecular formula is C12H17F3N2. The van der Waals surface area contributed by atoms with Gasteiger partial charge in [0, 0.05) is 24.8 Å². The summed E-state index contributed by atoms with van der Waals surface area (Å²) in [5.41, 5.74) is 4.57. The van der Waals surface area contributed by atoms with Gasteiger partial charge in [0.1, 0.15) is 0 Å². The third-order valence-corrected chi connectivity index (χ3v) is 2.98. The SMILES string of the molecule is CN(c1ccccc1C(F)(F)F)C(C)(C)CN. The van der Waals surface area contributed by atoms with Gasteiger partial charge in [0.25, 0.3) is 0 Å². The molecule has 1 rings (SSSR count). The van der Waals surface area contributed by atoms with E-state index in [1.807, 2.05) is 0 Å². The molecule has 2 nitrogen and oxygen atoms in total. The summed E-state index contributed by atoms with van der Waals surface area (Å²) in [6, 6.07) is 5.52. The maximum Gasteiger partial charge on any atom is 0.418 e. The number of likely N-dealkylation sites (N-methyl/N-ethyl adjacent to an activating group) is 1. The van der Waals surface area contributed by atoms with E-state index in [0.717, 1.165) is 6.07 Å². The quantitative estimate of drug-likeness (QED) is 0.888. The van der Waals surface area contributed by atoms with Crippen LogP contribution in [0.5, 0.6) is 0 Å². The van der Waals surface area contributed by atoms with E-state index in [0.29, 0.717) is 0 Å². The van der Waals surface area contributed by atoms with E-state index in [9.17, 15) is 13.2 Å². The zero-order valence-electron chi connectivity index (χ0n) is 10.2. The van der Waals surface area contributed by atoms with Crippen molar-refractivity contribution in [3.8, 4) is 0 Å². The minimum absolute atomic E-state index is 0.149. The minimum Gasteiger partial charge on any atom is -0.368 e. The van der Waals surface area contributed by atoms with Crippen LogP contribution in [0.2, 0.25) is 0 Å². The highest BCUT2D eigenvalue weighted by atomic mass is 19.4. The fraction of sp³-hybridized carbons (Fsp3) is 0.500. The van der Waals surface area contributed by atoms with Gasteiger partial charge in [0.2, 0.25) is 0 Å². The zero-order valence-corrected chi connectivity index (χ0v) is 10.2. The predicted octanol–water partition coefficient (Wildman–Crippen LogP) is 2.88. The third kappa shape index (κ3) is 2.91. The second kappa shape index (κ2) is 4.56. The van der Waals surface area contributed by atoms with E-state index in [2.05, 4.69) is 0 Å². The molecule has 0 unspecified atom stereocenters. The standard InChI is InChI=1S/C12H17F3N2/c1-11(2,8-16)17(3)10-7-5-4-6-9(10)12(13,14)15/h4-7H,8,16H2,1-3H3. The van der Waals surface area contributed by atoms with Gasteiger partial charge in [0.05, 0.1) is 5.56 Å². The molecule has 5 heteroatoms. The summed E-state index contributed by atoms with van der Waals surface area (Å²) < 4.78 is 38.5. The van der Waals surface area contributed by atoms with Crippen molar-refractivity contribution in [2.24, 2.45) is 5.73 Å². The first kappa shape index (κ1) is 13.8. The van der Waals surface area contributed by atoms with E-state index in [1.165, 1.54) is 12.1 Å². The van der Waals surface area contributed by atoms with Crippen LogP contribution >= 0.6 is 0 Å². The average Bonchev–Trinajstić information content (AvgIpc) is 2.27. The molecule has 0 bridgehead atoms. The molecular weight excluding hydrogens is 229 g/mol. The molecule has 0 amide bonds. The van der Waals surface area contributed by atoms with Crippen LogP contribution < -0.4 is 10.6 Å². The largest absolute Gasteiger partial charge is 0.418 e. The van der Waals surface area contributed by atoms with Gasteiger partial charge in [-0.3, -0.25) is 0 Å². The van der Waals surface area contributed by atoms with Crippen LogP contribution in [-0.4, -0.2) is 19.1 Å². The van der Waals surface area contributed by atoms with Gasteiger partial charge in [-0.15, -0.1) is 0 Å². The molecule has 0 spiro atoms. The number of nitrogens with two attached hydrogens (primary N) is 1. The number of halogens is 3. The Hall–Kier alpha value is -1.23. The second-order valence-electron chi connectivity index (χ2n) is 4.59. The average molecular weight is 246 g/mol. The normalized spacial score (nSPS) is 12.6. The lowest BCUT2D eigenvalue weighted by molar-refractivity contribution is -0.137. The molecule has 2 N–H and O–H groups in total. The van der Waals surface area contributed by atoms with E-state index in [4.69, 9.17) is 5.73 Å². The van der Waals surface area contributed by atoms with Crippen LogP contribution in [0.15, 0.2) is 24.3 Å². The molecule has 0 aromatic heterocycles. The summed E-state index contributed by atoms with van der Waals surface area (Å²) in [5, 5.41) is 0. The monoisotopic (exact) mass is 246 g/mol. The van der Waals surface area contributed by atoms with E-state index < -0.39 is 17.3 Å². The van der Waals surface area contributed by atoms with Crippen molar-refractivity contribution in [1.82, 2.24) is 0 Å². The number of rotatable bonds is 3. The lowest BCUT2D eigenvalue weighted by atomic mass is 10.0. The van der Waals surface area contributed by atoms with Crippen molar-refractivity contribution in [1.29, 1.82) is 0 Å². The van der Waals surface area contributed by atoms with Gasteiger partial charge in [-0.1, -0.05) is 12.1 Å². The first-order valence-corrected chi connectivity index (χ1v) is 5.30. The molecule has 0 aliphatic heterocycles. The number of hydrogen-bond donors (Lipinski definition) is 1. The Morgan fingerprint density at radius 2 is 1.71 bits per heavy atom. The van der Waals surface area contributed by atoms with Gasteiger partial charge in [0.15, 0.2) is 0 Å². The summed E-state index contributed by atoms with van der Waals surface area (Å²) in [5.74, 6) is 0. The molecule has 0 atom stereocenters. The molecule has 1 aromatic rings. The number of hydrogen-bond acceptors (Lipinski definition) is 2. The Morgan fingerprint density at radius 3 is 2.18 bits per heavy atom. The first-order chi connectivity index (χ1) is 7.70. The zero-order chi connectivity index (χ0) is 13.3. The Bertz CT molecular complexity index is 386. The van der Waals surface area contributed by atoms with Crippen molar-refractivity contribution >= 4 is 5.69 Å². The molecule has 0 aliphatic rings. The topological polar surface area (TPSA) is 29.3 Å².